The first kappa shape index (κ1) is 12.7. The molecule has 1 unspecified atom stereocenters. The van der Waals surface area contributed by atoms with E-state index in [2.05, 4.69) is 35.7 Å². The van der Waals surface area contributed by atoms with Gasteiger partial charge in [0.15, 0.2) is 0 Å². The highest BCUT2D eigenvalue weighted by atomic mass is 16.5. The van der Waals surface area contributed by atoms with Gasteiger partial charge in [-0.3, -0.25) is 0 Å². The van der Waals surface area contributed by atoms with Gasteiger partial charge in [-0.2, -0.15) is 0 Å². The molecule has 1 heterocycles. The monoisotopic (exact) mass is 257 g/mol. The summed E-state index contributed by atoms with van der Waals surface area (Å²) < 4.78 is 5.54. The van der Waals surface area contributed by atoms with Crippen molar-refractivity contribution in [2.24, 2.45) is 5.92 Å². The van der Waals surface area contributed by atoms with Crippen LogP contribution in [0.25, 0.3) is 0 Å². The van der Waals surface area contributed by atoms with E-state index in [1.807, 2.05) is 0 Å². The summed E-state index contributed by atoms with van der Waals surface area (Å²) in [5.74, 6) is 1.93. The van der Waals surface area contributed by atoms with Crippen LogP contribution in [0.2, 0.25) is 0 Å². The van der Waals surface area contributed by atoms with E-state index in [0.29, 0.717) is 0 Å². The summed E-state index contributed by atoms with van der Waals surface area (Å²) in [4.78, 5) is 0. The molecule has 2 nitrogen and oxygen atoms in total. The third kappa shape index (κ3) is 3.38. The molecule has 0 saturated heterocycles. The number of hydrogen-bond acceptors (Lipinski definition) is 2. The molecule has 2 aliphatic rings. The van der Waals surface area contributed by atoms with Gasteiger partial charge < -0.3 is 10.1 Å². The summed E-state index contributed by atoms with van der Waals surface area (Å²) in [5.41, 5.74) is 2.82. The molecule has 19 heavy (non-hydrogen) atoms. The minimum Gasteiger partial charge on any atom is -0.493 e. The SMILES string of the molecule is C1=CCC(CNCCc2ccc3c(c2)CCO3)CC1. The first-order valence-electron chi connectivity index (χ1n) is 7.52. The average molecular weight is 257 g/mol. The summed E-state index contributed by atoms with van der Waals surface area (Å²) in [6.07, 6.45) is 10.7. The Balaban J connectivity index is 1.41. The standard InChI is InChI=1S/C17H23NO/c1-2-4-15(5-3-1)13-18-10-8-14-6-7-17-16(12-14)9-11-19-17/h1-2,6-7,12,15,18H,3-5,8-11,13H2. The number of ether oxygens (including phenoxy) is 1. The second-order valence-electron chi connectivity index (χ2n) is 5.65. The third-order valence-electron chi connectivity index (χ3n) is 4.15. The van der Waals surface area contributed by atoms with Gasteiger partial charge in [-0.1, -0.05) is 24.3 Å². The first-order valence-corrected chi connectivity index (χ1v) is 7.52. The molecule has 2 heteroatoms. The molecule has 0 amide bonds. The minimum atomic E-state index is 0.846. The van der Waals surface area contributed by atoms with Crippen LogP contribution in [0.15, 0.2) is 30.4 Å². The maximum absolute atomic E-state index is 5.54. The number of rotatable bonds is 5. The fraction of sp³-hybridized carbons (Fsp3) is 0.529. The van der Waals surface area contributed by atoms with E-state index in [0.717, 1.165) is 37.7 Å². The fourth-order valence-corrected chi connectivity index (χ4v) is 2.98. The molecule has 1 aliphatic carbocycles. The molecule has 0 aromatic heterocycles. The van der Waals surface area contributed by atoms with Crippen LogP contribution in [0.1, 0.15) is 30.4 Å². The van der Waals surface area contributed by atoms with Crippen molar-refractivity contribution < 1.29 is 4.74 Å². The van der Waals surface area contributed by atoms with Crippen molar-refractivity contribution in [3.05, 3.63) is 41.5 Å². The maximum Gasteiger partial charge on any atom is 0.122 e. The van der Waals surface area contributed by atoms with Crippen LogP contribution in [0, 0.1) is 5.92 Å². The number of hydrogen-bond donors (Lipinski definition) is 1. The lowest BCUT2D eigenvalue weighted by molar-refractivity contribution is 0.357. The van der Waals surface area contributed by atoms with E-state index in [1.54, 1.807) is 0 Å². The van der Waals surface area contributed by atoms with Crippen molar-refractivity contribution in [3.8, 4) is 5.75 Å². The van der Waals surface area contributed by atoms with Crippen molar-refractivity contribution in [3.63, 3.8) is 0 Å². The molecule has 1 aliphatic heterocycles. The van der Waals surface area contributed by atoms with Crippen molar-refractivity contribution >= 4 is 0 Å². The van der Waals surface area contributed by atoms with Gasteiger partial charge in [0, 0.05) is 6.42 Å². The van der Waals surface area contributed by atoms with Crippen molar-refractivity contribution in [1.82, 2.24) is 5.32 Å². The predicted octanol–water partition coefficient (Wildman–Crippen LogP) is 3.11. The van der Waals surface area contributed by atoms with E-state index in [-0.39, 0.29) is 0 Å². The smallest absolute Gasteiger partial charge is 0.122 e. The first-order chi connectivity index (χ1) is 9.42. The number of nitrogens with one attached hydrogen (secondary N) is 1. The fourth-order valence-electron chi connectivity index (χ4n) is 2.98. The van der Waals surface area contributed by atoms with Gasteiger partial charge in [0.1, 0.15) is 5.75 Å². The molecular formula is C17H23NO. The highest BCUT2D eigenvalue weighted by Crippen LogP contribution is 2.25. The largest absolute Gasteiger partial charge is 0.493 e. The van der Waals surface area contributed by atoms with Crippen molar-refractivity contribution in [1.29, 1.82) is 0 Å². The molecule has 102 valence electrons. The van der Waals surface area contributed by atoms with E-state index in [9.17, 15) is 0 Å². The molecular weight excluding hydrogens is 234 g/mol. The Morgan fingerprint density at radius 2 is 2.26 bits per heavy atom. The lowest BCUT2D eigenvalue weighted by Crippen LogP contribution is -2.25. The zero-order chi connectivity index (χ0) is 12.9. The second-order valence-corrected chi connectivity index (χ2v) is 5.65. The van der Waals surface area contributed by atoms with Gasteiger partial charge in [0.05, 0.1) is 6.61 Å². The third-order valence-corrected chi connectivity index (χ3v) is 4.15. The topological polar surface area (TPSA) is 21.3 Å². The molecule has 1 aromatic rings. The summed E-state index contributed by atoms with van der Waals surface area (Å²) in [7, 11) is 0. The normalized spacial score (nSPS) is 21.2. The summed E-state index contributed by atoms with van der Waals surface area (Å²) in [6.45, 7) is 3.10. The minimum absolute atomic E-state index is 0.846. The molecule has 0 bridgehead atoms. The Morgan fingerprint density at radius 1 is 1.26 bits per heavy atom. The van der Waals surface area contributed by atoms with E-state index in [4.69, 9.17) is 4.74 Å². The van der Waals surface area contributed by atoms with Crippen LogP contribution in [0.4, 0.5) is 0 Å². The van der Waals surface area contributed by atoms with Crippen LogP contribution in [-0.2, 0) is 12.8 Å². The van der Waals surface area contributed by atoms with Gasteiger partial charge in [0.25, 0.3) is 0 Å². The molecule has 0 radical (unpaired) electrons. The van der Waals surface area contributed by atoms with Crippen LogP contribution < -0.4 is 10.1 Å². The lowest BCUT2D eigenvalue weighted by Gasteiger charge is -2.18. The van der Waals surface area contributed by atoms with Crippen LogP contribution in [-0.4, -0.2) is 19.7 Å². The van der Waals surface area contributed by atoms with Gasteiger partial charge in [-0.25, -0.2) is 0 Å². The number of allylic oxidation sites excluding steroid dienone is 2. The molecule has 1 aromatic carbocycles. The molecule has 1 atom stereocenters. The molecule has 3 rings (SSSR count). The van der Waals surface area contributed by atoms with Crippen molar-refractivity contribution in [2.45, 2.75) is 32.1 Å². The summed E-state index contributed by atoms with van der Waals surface area (Å²) >= 11 is 0. The predicted molar refractivity (Wildman–Crippen MR) is 78.7 cm³/mol. The molecule has 0 saturated carbocycles. The highest BCUT2D eigenvalue weighted by Gasteiger charge is 2.12. The number of fused-ring (bicyclic) bond motifs is 1. The maximum atomic E-state index is 5.54. The average Bonchev–Trinajstić information content (AvgIpc) is 2.92. The Labute approximate surface area is 115 Å². The Bertz CT molecular complexity index is 453. The van der Waals surface area contributed by atoms with Crippen LogP contribution in [0.3, 0.4) is 0 Å². The van der Waals surface area contributed by atoms with Crippen molar-refractivity contribution in [2.75, 3.05) is 19.7 Å². The van der Waals surface area contributed by atoms with Gasteiger partial charge in [-0.15, -0.1) is 0 Å². The molecule has 0 spiro atoms. The lowest BCUT2D eigenvalue weighted by atomic mass is 9.94. The number of benzene rings is 1. The van der Waals surface area contributed by atoms with Crippen LogP contribution >= 0.6 is 0 Å². The summed E-state index contributed by atoms with van der Waals surface area (Å²) in [5, 5.41) is 3.61. The van der Waals surface area contributed by atoms with Gasteiger partial charge in [0.2, 0.25) is 0 Å². The Kier molecular flexibility index (Phi) is 4.19. The van der Waals surface area contributed by atoms with Crippen LogP contribution in [0.5, 0.6) is 5.75 Å². The zero-order valence-corrected chi connectivity index (χ0v) is 11.5. The Morgan fingerprint density at radius 3 is 3.16 bits per heavy atom. The van der Waals surface area contributed by atoms with E-state index < -0.39 is 0 Å². The Hall–Kier alpha value is -1.28. The molecule has 0 fully saturated rings. The molecule has 1 N–H and O–H groups in total. The quantitative estimate of drug-likeness (QED) is 0.646. The van der Waals surface area contributed by atoms with E-state index >= 15 is 0 Å². The van der Waals surface area contributed by atoms with E-state index in [1.165, 1.54) is 36.9 Å². The van der Waals surface area contributed by atoms with Gasteiger partial charge >= 0.3 is 0 Å². The van der Waals surface area contributed by atoms with Gasteiger partial charge in [-0.05, 0) is 61.9 Å². The zero-order valence-electron chi connectivity index (χ0n) is 11.5. The second kappa shape index (κ2) is 6.25. The summed E-state index contributed by atoms with van der Waals surface area (Å²) in [6, 6.07) is 6.64. The highest BCUT2D eigenvalue weighted by molar-refractivity contribution is 5.39.